The molecule has 45 heavy (non-hydrogen) atoms. The van der Waals surface area contributed by atoms with Crippen molar-refractivity contribution in [1.82, 2.24) is 0 Å². The van der Waals surface area contributed by atoms with Gasteiger partial charge in [0.15, 0.2) is 17.1 Å². The van der Waals surface area contributed by atoms with E-state index in [4.69, 9.17) is 46.0 Å². The van der Waals surface area contributed by atoms with E-state index < -0.39 is 96.4 Å². The lowest BCUT2D eigenvalue weighted by Gasteiger charge is -2.03. The first kappa shape index (κ1) is 35.7. The lowest BCUT2D eigenvalue weighted by Crippen LogP contribution is -2.11. The fourth-order valence-corrected chi connectivity index (χ4v) is 3.13. The second-order valence-electron chi connectivity index (χ2n) is 7.82. The quantitative estimate of drug-likeness (QED) is 0.126. The summed E-state index contributed by atoms with van der Waals surface area (Å²) in [7, 11) is 0. The molecule has 236 valence electrons. The van der Waals surface area contributed by atoms with E-state index in [1.165, 1.54) is 0 Å². The first-order valence-electron chi connectivity index (χ1n) is 11.0. The first-order chi connectivity index (χ1) is 20.7. The van der Waals surface area contributed by atoms with E-state index in [2.05, 4.69) is 0 Å². The zero-order chi connectivity index (χ0) is 34.9. The molecule has 0 bridgehead atoms. The molecule has 0 saturated carbocycles. The number of phenols is 3. The third-order valence-corrected chi connectivity index (χ3v) is 5.02. The molecule has 0 aliphatic rings. The van der Waals surface area contributed by atoms with E-state index in [0.29, 0.717) is 12.1 Å². The third kappa shape index (κ3) is 8.83. The van der Waals surface area contributed by atoms with Crippen molar-refractivity contribution in [1.29, 1.82) is 0 Å². The molecule has 21 nitrogen and oxygen atoms in total. The number of nitro groups is 2. The number of aromatic carboxylic acids is 6. The molecule has 0 spiro atoms. The number of nitrogens with zero attached hydrogens (tertiary/aromatic N) is 2. The maximum absolute atomic E-state index is 10.7. The molecule has 0 aromatic heterocycles. The normalized spacial score (nSPS) is 9.69. The summed E-state index contributed by atoms with van der Waals surface area (Å²) in [5, 5.41) is 99.8. The zero-order valence-corrected chi connectivity index (χ0v) is 21.5. The molecule has 3 aromatic rings. The number of carbonyl (C=O) groups is 6. The molecule has 3 aromatic carbocycles. The number of hydrogen-bond donors (Lipinski definition) is 9. The standard InChI is InChI=1S/2C8H5NO7.C8H6O5/c10-6-2-4(8(13)14)3(7(11)12)1-5(6)9(15)16;10-4-2-1-3(7(11)12)5(8(13)14)6(4)9(15)16;9-4-1-2-5(7(10)11)6(3-4)8(12)13/h2*1-2,10H,(H,11,12)(H,13,14);1-3,9H,(H,10,11)(H,12,13). The van der Waals surface area contributed by atoms with Crippen LogP contribution in [0.2, 0.25) is 0 Å². The molecule has 3 rings (SSSR count). The fraction of sp³-hybridized carbons (Fsp3) is 0. The van der Waals surface area contributed by atoms with Crippen molar-refractivity contribution in [2.45, 2.75) is 0 Å². The topological polar surface area (TPSA) is 371 Å². The molecule has 21 heteroatoms. The summed E-state index contributed by atoms with van der Waals surface area (Å²) in [5.41, 5.74) is -6.02. The van der Waals surface area contributed by atoms with Gasteiger partial charge >= 0.3 is 47.2 Å². The number of phenolic OH excluding ortho intramolecular Hbond substituents is 3. The minimum Gasteiger partial charge on any atom is -0.508 e. The molecule has 0 radical (unpaired) electrons. The summed E-state index contributed by atoms with van der Waals surface area (Å²) in [6, 6.07) is 5.63. The van der Waals surface area contributed by atoms with Crippen molar-refractivity contribution in [3.05, 3.63) is 96.1 Å². The van der Waals surface area contributed by atoms with Crippen LogP contribution in [0.15, 0.2) is 42.5 Å². The average Bonchev–Trinajstić information content (AvgIpc) is 2.92. The number of carboxylic acid groups (broad SMARTS) is 6. The number of benzene rings is 3. The van der Waals surface area contributed by atoms with Gasteiger partial charge in [0.2, 0.25) is 0 Å². The molecular formula is C24H16N2O19. The van der Waals surface area contributed by atoms with Gasteiger partial charge < -0.3 is 46.0 Å². The molecule has 0 unspecified atom stereocenters. The van der Waals surface area contributed by atoms with Crippen LogP contribution in [0.5, 0.6) is 17.2 Å². The Bertz CT molecular complexity index is 1750. The number of nitro benzene ring substituents is 2. The van der Waals surface area contributed by atoms with Gasteiger partial charge in [-0.2, -0.15) is 0 Å². The van der Waals surface area contributed by atoms with Crippen molar-refractivity contribution in [2.75, 3.05) is 0 Å². The highest BCUT2D eigenvalue weighted by molar-refractivity contribution is 6.06. The fourth-order valence-electron chi connectivity index (χ4n) is 3.13. The molecule has 9 N–H and O–H groups in total. The molecule has 0 atom stereocenters. The highest BCUT2D eigenvalue weighted by atomic mass is 16.6. The Kier molecular flexibility index (Phi) is 11.5. The van der Waals surface area contributed by atoms with Gasteiger partial charge in [-0.3, -0.25) is 20.2 Å². The van der Waals surface area contributed by atoms with Crippen LogP contribution in [0, 0.1) is 20.2 Å². The Labute approximate surface area is 245 Å². The SMILES string of the molecule is O=C(O)c1cc(O)c([N+](=O)[O-])cc1C(=O)O.O=C(O)c1ccc(O)c([N+](=O)[O-])c1C(=O)O.O=C(O)c1ccc(O)cc1C(=O)O. The summed E-state index contributed by atoms with van der Waals surface area (Å²) < 4.78 is 0. The van der Waals surface area contributed by atoms with Gasteiger partial charge in [0.25, 0.3) is 0 Å². The maximum atomic E-state index is 10.7. The summed E-state index contributed by atoms with van der Waals surface area (Å²) in [4.78, 5) is 82.4. The van der Waals surface area contributed by atoms with Crippen LogP contribution in [0.3, 0.4) is 0 Å². The van der Waals surface area contributed by atoms with Crippen molar-refractivity contribution in [2.24, 2.45) is 0 Å². The minimum absolute atomic E-state index is 0.276. The average molecular weight is 636 g/mol. The molecular weight excluding hydrogens is 620 g/mol. The van der Waals surface area contributed by atoms with Crippen LogP contribution >= 0.6 is 0 Å². The van der Waals surface area contributed by atoms with E-state index in [1.54, 1.807) is 0 Å². The van der Waals surface area contributed by atoms with Gasteiger partial charge in [-0.25, -0.2) is 28.8 Å². The first-order valence-corrected chi connectivity index (χ1v) is 11.0. The Balaban J connectivity index is 0.000000340. The van der Waals surface area contributed by atoms with E-state index >= 15 is 0 Å². The van der Waals surface area contributed by atoms with Crippen LogP contribution in [0.25, 0.3) is 0 Å². The van der Waals surface area contributed by atoms with Gasteiger partial charge in [-0.15, -0.1) is 0 Å². The predicted octanol–water partition coefficient (Wildman–Crippen LogP) is 2.18. The number of aromatic hydroxyl groups is 3. The summed E-state index contributed by atoms with van der Waals surface area (Å²) in [6.45, 7) is 0. The number of rotatable bonds is 8. The zero-order valence-electron chi connectivity index (χ0n) is 21.5. The third-order valence-electron chi connectivity index (χ3n) is 5.02. The van der Waals surface area contributed by atoms with E-state index in [1.807, 2.05) is 0 Å². The lowest BCUT2D eigenvalue weighted by atomic mass is 10.0. The van der Waals surface area contributed by atoms with Crippen molar-refractivity contribution >= 4 is 47.2 Å². The predicted molar refractivity (Wildman–Crippen MR) is 139 cm³/mol. The molecule has 0 saturated heterocycles. The van der Waals surface area contributed by atoms with Crippen molar-refractivity contribution < 1.29 is 84.6 Å². The van der Waals surface area contributed by atoms with Gasteiger partial charge in [-0.1, -0.05) is 0 Å². The molecule has 0 aliphatic carbocycles. The number of carboxylic acids is 6. The molecule has 0 heterocycles. The Morgan fingerprint density at radius 2 is 0.911 bits per heavy atom. The second-order valence-corrected chi connectivity index (χ2v) is 7.82. The number of hydrogen-bond acceptors (Lipinski definition) is 13. The van der Waals surface area contributed by atoms with Gasteiger partial charge in [0, 0.05) is 12.1 Å². The van der Waals surface area contributed by atoms with Crippen molar-refractivity contribution in [3.8, 4) is 17.2 Å². The highest BCUT2D eigenvalue weighted by Gasteiger charge is 2.31. The lowest BCUT2D eigenvalue weighted by molar-refractivity contribution is -0.386. The van der Waals surface area contributed by atoms with Gasteiger partial charge in [-0.05, 0) is 30.3 Å². The molecule has 0 amide bonds. The molecule has 0 fully saturated rings. The van der Waals surface area contributed by atoms with Crippen LogP contribution in [-0.2, 0) is 0 Å². The van der Waals surface area contributed by atoms with E-state index in [-0.39, 0.29) is 11.3 Å². The Morgan fingerprint density at radius 1 is 0.489 bits per heavy atom. The minimum atomic E-state index is -1.79. The Hall–Kier alpha value is -7.32. The second kappa shape index (κ2) is 14.5. The highest BCUT2D eigenvalue weighted by Crippen LogP contribution is 2.32. The largest absolute Gasteiger partial charge is 0.508 e. The Morgan fingerprint density at radius 3 is 1.31 bits per heavy atom. The van der Waals surface area contributed by atoms with Crippen LogP contribution in [0.1, 0.15) is 62.1 Å². The van der Waals surface area contributed by atoms with Gasteiger partial charge in [0.05, 0.1) is 37.7 Å². The van der Waals surface area contributed by atoms with Crippen LogP contribution in [0.4, 0.5) is 11.4 Å². The van der Waals surface area contributed by atoms with Crippen LogP contribution < -0.4 is 0 Å². The summed E-state index contributed by atoms with van der Waals surface area (Å²) in [5.74, 6) is -11.4. The van der Waals surface area contributed by atoms with E-state index in [9.17, 15) is 49.0 Å². The monoisotopic (exact) mass is 636 g/mol. The summed E-state index contributed by atoms with van der Waals surface area (Å²) in [6.07, 6.45) is 0. The van der Waals surface area contributed by atoms with E-state index in [0.717, 1.165) is 30.3 Å². The molecule has 0 aliphatic heterocycles. The van der Waals surface area contributed by atoms with Crippen molar-refractivity contribution in [3.63, 3.8) is 0 Å². The van der Waals surface area contributed by atoms with Crippen LogP contribution in [-0.4, -0.2) is 91.6 Å². The van der Waals surface area contributed by atoms with Gasteiger partial charge in [0.1, 0.15) is 5.75 Å². The maximum Gasteiger partial charge on any atom is 0.343 e. The summed E-state index contributed by atoms with van der Waals surface area (Å²) >= 11 is 0. The smallest absolute Gasteiger partial charge is 0.343 e.